The maximum Gasteiger partial charge on any atom is 0.511 e. The first-order chi connectivity index (χ1) is 11.0. The van der Waals surface area contributed by atoms with Gasteiger partial charge in [0.05, 0.1) is 16.6 Å². The molecule has 2 aromatic carbocycles. The minimum Gasteiger partial charge on any atom is -0.449 e. The number of amides is 1. The predicted octanol–water partition coefficient (Wildman–Crippen LogP) is 3.81. The maximum absolute atomic E-state index is 12.4. The number of benzene rings is 2. The summed E-state index contributed by atoms with van der Waals surface area (Å²) in [5, 5.41) is 12.0. The quantitative estimate of drug-likeness (QED) is 0.662. The number of hydrogen-bond acceptors (Lipinski definition) is 3. The molecular weight excluding hydrogens is 318 g/mol. The third-order valence-electron chi connectivity index (χ3n) is 3.82. The lowest BCUT2D eigenvalue weighted by atomic mass is 10.1. The predicted molar refractivity (Wildman–Crippen MR) is 85.1 cm³/mol. The largest absolute Gasteiger partial charge is 0.511 e. The van der Waals surface area contributed by atoms with Crippen LogP contribution in [0, 0.1) is 0 Å². The van der Waals surface area contributed by atoms with Gasteiger partial charge in [-0.3, -0.25) is 4.79 Å². The van der Waals surface area contributed by atoms with E-state index in [1.165, 1.54) is 0 Å². The van der Waals surface area contributed by atoms with E-state index in [9.17, 15) is 9.59 Å². The van der Waals surface area contributed by atoms with Crippen LogP contribution in [0.4, 0.5) is 4.79 Å². The number of rotatable bonds is 3. The summed E-state index contributed by atoms with van der Waals surface area (Å²) in [5.41, 5.74) is 2.37. The van der Waals surface area contributed by atoms with E-state index in [0.717, 1.165) is 24.0 Å². The molecule has 2 aromatic rings. The number of carbonyl (C=O) groups is 2. The molecule has 6 heteroatoms. The Morgan fingerprint density at radius 3 is 2.74 bits per heavy atom. The molecular formula is C17H14ClNO4. The Balaban J connectivity index is 1.81. The molecule has 23 heavy (non-hydrogen) atoms. The summed E-state index contributed by atoms with van der Waals surface area (Å²) in [4.78, 5) is 23.0. The number of fused-ring (bicyclic) bond motifs is 1. The molecule has 1 atom stereocenters. The second-order valence-corrected chi connectivity index (χ2v) is 5.68. The molecule has 2 N–H and O–H groups in total. The zero-order valence-corrected chi connectivity index (χ0v) is 12.8. The maximum atomic E-state index is 12.4. The van der Waals surface area contributed by atoms with Gasteiger partial charge in [-0.2, -0.15) is 0 Å². The van der Waals surface area contributed by atoms with E-state index in [1.807, 2.05) is 6.07 Å². The number of hydrogen-bond donors (Lipinski definition) is 2. The Hall–Kier alpha value is -2.53. The van der Waals surface area contributed by atoms with Gasteiger partial charge in [0.1, 0.15) is 5.75 Å². The third-order valence-corrected chi connectivity index (χ3v) is 4.15. The highest BCUT2D eigenvalue weighted by atomic mass is 35.5. The fourth-order valence-electron chi connectivity index (χ4n) is 2.78. The summed E-state index contributed by atoms with van der Waals surface area (Å²) in [7, 11) is 0. The monoisotopic (exact) mass is 331 g/mol. The van der Waals surface area contributed by atoms with Gasteiger partial charge in [-0.05, 0) is 48.2 Å². The normalized spacial score (nSPS) is 15.8. The number of nitrogens with one attached hydrogen (secondary N) is 1. The van der Waals surface area contributed by atoms with Gasteiger partial charge in [-0.15, -0.1) is 0 Å². The van der Waals surface area contributed by atoms with Crippen molar-refractivity contribution in [1.29, 1.82) is 0 Å². The Morgan fingerprint density at radius 2 is 2.00 bits per heavy atom. The summed E-state index contributed by atoms with van der Waals surface area (Å²) in [6.45, 7) is 0. The molecule has 3 rings (SSSR count). The average molecular weight is 332 g/mol. The van der Waals surface area contributed by atoms with Crippen LogP contribution >= 0.6 is 11.6 Å². The van der Waals surface area contributed by atoms with Crippen molar-refractivity contribution in [1.82, 2.24) is 5.32 Å². The summed E-state index contributed by atoms with van der Waals surface area (Å²) in [5.74, 6) is -0.00634. The van der Waals surface area contributed by atoms with Crippen molar-refractivity contribution in [2.45, 2.75) is 18.9 Å². The Labute approximate surface area is 137 Å². The van der Waals surface area contributed by atoms with Crippen molar-refractivity contribution in [2.24, 2.45) is 0 Å². The molecule has 0 aliphatic heterocycles. The first kappa shape index (κ1) is 15.4. The number of aryl methyl sites for hydroxylation is 1. The van der Waals surface area contributed by atoms with Crippen molar-refractivity contribution >= 4 is 23.7 Å². The van der Waals surface area contributed by atoms with Crippen LogP contribution in [0.3, 0.4) is 0 Å². The van der Waals surface area contributed by atoms with E-state index in [1.54, 1.807) is 36.4 Å². The molecule has 118 valence electrons. The Morgan fingerprint density at radius 1 is 1.22 bits per heavy atom. The Kier molecular flexibility index (Phi) is 4.21. The van der Waals surface area contributed by atoms with Crippen molar-refractivity contribution in [3.8, 4) is 5.75 Å². The molecule has 5 nitrogen and oxygen atoms in total. The molecule has 0 unspecified atom stereocenters. The standard InChI is InChI=1S/C17H14ClNO4/c18-14-4-2-1-3-12(14)16(20)19-15-8-6-10-5-7-11(9-13(10)15)23-17(21)22/h1-5,7,9,15H,6,8H2,(H,19,20)(H,21,22)/t15-/m1/s1. The number of ether oxygens (including phenoxy) is 1. The third kappa shape index (κ3) is 3.29. The average Bonchev–Trinajstić information content (AvgIpc) is 2.89. The zero-order chi connectivity index (χ0) is 16.4. The molecule has 0 radical (unpaired) electrons. The van der Waals surface area contributed by atoms with Crippen molar-refractivity contribution < 1.29 is 19.4 Å². The number of halogens is 1. The fraction of sp³-hybridized carbons (Fsp3) is 0.176. The summed E-state index contributed by atoms with van der Waals surface area (Å²) in [6.07, 6.45) is 0.206. The van der Waals surface area contributed by atoms with Crippen LogP contribution < -0.4 is 10.1 Å². The van der Waals surface area contributed by atoms with Gasteiger partial charge in [0.2, 0.25) is 0 Å². The highest BCUT2D eigenvalue weighted by molar-refractivity contribution is 6.33. The molecule has 0 saturated heterocycles. The van der Waals surface area contributed by atoms with Crippen LogP contribution in [0.2, 0.25) is 5.02 Å². The van der Waals surface area contributed by atoms with Gasteiger partial charge in [-0.1, -0.05) is 29.8 Å². The van der Waals surface area contributed by atoms with Crippen molar-refractivity contribution in [3.05, 3.63) is 64.2 Å². The lowest BCUT2D eigenvalue weighted by Gasteiger charge is -2.15. The summed E-state index contributed by atoms with van der Waals surface area (Å²) < 4.78 is 4.68. The molecule has 0 aromatic heterocycles. The first-order valence-electron chi connectivity index (χ1n) is 7.13. The highest BCUT2D eigenvalue weighted by Gasteiger charge is 2.25. The van der Waals surface area contributed by atoms with Crippen LogP contribution in [-0.4, -0.2) is 17.2 Å². The van der Waals surface area contributed by atoms with Gasteiger partial charge in [0.15, 0.2) is 0 Å². The smallest absolute Gasteiger partial charge is 0.449 e. The lowest BCUT2D eigenvalue weighted by molar-refractivity contribution is 0.0936. The second kappa shape index (κ2) is 6.30. The van der Waals surface area contributed by atoms with Gasteiger partial charge < -0.3 is 15.2 Å². The van der Waals surface area contributed by atoms with Gasteiger partial charge >= 0.3 is 6.16 Å². The van der Waals surface area contributed by atoms with Crippen LogP contribution in [0.5, 0.6) is 5.75 Å². The molecule has 0 spiro atoms. The van der Waals surface area contributed by atoms with Crippen LogP contribution in [0.1, 0.15) is 33.9 Å². The van der Waals surface area contributed by atoms with Crippen molar-refractivity contribution in [3.63, 3.8) is 0 Å². The van der Waals surface area contributed by atoms with Crippen molar-refractivity contribution in [2.75, 3.05) is 0 Å². The SMILES string of the molecule is O=C(O)Oc1ccc2c(c1)[C@H](NC(=O)c1ccccc1Cl)CC2. The zero-order valence-electron chi connectivity index (χ0n) is 12.1. The molecule has 0 bridgehead atoms. The minimum absolute atomic E-state index is 0.189. The van der Waals surface area contributed by atoms with E-state index < -0.39 is 6.16 Å². The molecule has 0 saturated carbocycles. The summed E-state index contributed by atoms with van der Waals surface area (Å²) >= 11 is 6.04. The van der Waals surface area contributed by atoms with Gasteiger partial charge in [0, 0.05) is 0 Å². The van der Waals surface area contributed by atoms with Gasteiger partial charge in [-0.25, -0.2) is 4.79 Å². The van der Waals surface area contributed by atoms with Crippen LogP contribution in [-0.2, 0) is 6.42 Å². The topological polar surface area (TPSA) is 75.6 Å². The van der Waals surface area contributed by atoms with E-state index >= 15 is 0 Å². The molecule has 0 heterocycles. The first-order valence-corrected chi connectivity index (χ1v) is 7.51. The van der Waals surface area contributed by atoms with E-state index in [-0.39, 0.29) is 17.7 Å². The highest BCUT2D eigenvalue weighted by Crippen LogP contribution is 2.34. The second-order valence-electron chi connectivity index (χ2n) is 5.27. The van der Waals surface area contributed by atoms with E-state index in [0.29, 0.717) is 10.6 Å². The van der Waals surface area contributed by atoms with Crippen LogP contribution in [0.25, 0.3) is 0 Å². The van der Waals surface area contributed by atoms with E-state index in [4.69, 9.17) is 16.7 Å². The number of carboxylic acid groups (broad SMARTS) is 1. The number of carbonyl (C=O) groups excluding carboxylic acids is 1. The van der Waals surface area contributed by atoms with Gasteiger partial charge in [0.25, 0.3) is 5.91 Å². The van der Waals surface area contributed by atoms with Crippen LogP contribution in [0.15, 0.2) is 42.5 Å². The minimum atomic E-state index is -1.36. The molecule has 1 aliphatic carbocycles. The molecule has 1 aliphatic rings. The lowest BCUT2D eigenvalue weighted by Crippen LogP contribution is -2.27. The Bertz CT molecular complexity index is 775. The van der Waals surface area contributed by atoms with E-state index in [2.05, 4.69) is 10.1 Å². The molecule has 1 amide bonds. The molecule has 0 fully saturated rings. The fourth-order valence-corrected chi connectivity index (χ4v) is 3.00. The summed E-state index contributed by atoms with van der Waals surface area (Å²) in [6, 6.07) is 11.8.